The lowest BCUT2D eigenvalue weighted by molar-refractivity contribution is -0.137. The van der Waals surface area contributed by atoms with E-state index in [1.807, 2.05) is 6.07 Å². The van der Waals surface area contributed by atoms with Gasteiger partial charge in [-0.3, -0.25) is 10.1 Å². The molecule has 0 unspecified atom stereocenters. The fraction of sp³-hybridized carbons (Fsp3) is 0.136. The van der Waals surface area contributed by atoms with Crippen molar-refractivity contribution < 1.29 is 27.4 Å². The molecule has 3 rings (SSSR count). The summed E-state index contributed by atoms with van der Waals surface area (Å²) < 4.78 is 49.9. The van der Waals surface area contributed by atoms with Crippen LogP contribution in [0.25, 0.3) is 6.08 Å². The maximum atomic E-state index is 13.0. The summed E-state index contributed by atoms with van der Waals surface area (Å²) >= 11 is 1.20. The number of anilines is 1. The highest BCUT2D eigenvalue weighted by Gasteiger charge is 2.30. The lowest BCUT2D eigenvalue weighted by atomic mass is 10.1. The Hall–Kier alpha value is -3.84. The minimum Gasteiger partial charge on any atom is -0.493 e. The van der Waals surface area contributed by atoms with E-state index in [0.29, 0.717) is 22.0 Å². The molecule has 10 heteroatoms. The Morgan fingerprint density at radius 1 is 1.28 bits per heavy atom. The molecule has 0 bridgehead atoms. The third-order valence-electron chi connectivity index (χ3n) is 4.18. The number of nitrogens with zero attached hydrogens (tertiary/aromatic N) is 2. The number of carbonyl (C=O) groups excluding carboxylic acids is 1. The Morgan fingerprint density at radius 2 is 2.06 bits per heavy atom. The van der Waals surface area contributed by atoms with E-state index in [9.17, 15) is 23.2 Å². The first-order valence-corrected chi connectivity index (χ1v) is 9.98. The van der Waals surface area contributed by atoms with E-state index in [-0.39, 0.29) is 17.9 Å². The van der Waals surface area contributed by atoms with Crippen LogP contribution in [0.1, 0.15) is 16.7 Å². The first kappa shape index (κ1) is 22.8. The fourth-order valence-corrected chi connectivity index (χ4v) is 3.23. The minimum absolute atomic E-state index is 0.182. The predicted molar refractivity (Wildman–Crippen MR) is 113 cm³/mol. The molecular formula is C22H16F3N3O3S. The van der Waals surface area contributed by atoms with Crippen molar-refractivity contribution in [1.82, 2.24) is 4.98 Å². The quantitative estimate of drug-likeness (QED) is 0.383. The normalized spacial score (nSPS) is 11.5. The number of rotatable bonds is 7. The summed E-state index contributed by atoms with van der Waals surface area (Å²) in [5, 5.41) is 14.0. The number of nitriles is 1. The van der Waals surface area contributed by atoms with E-state index in [0.717, 1.165) is 12.1 Å². The Balaban J connectivity index is 1.88. The fourth-order valence-electron chi connectivity index (χ4n) is 2.71. The van der Waals surface area contributed by atoms with Gasteiger partial charge < -0.3 is 9.47 Å². The number of methoxy groups -OCH3 is 1. The van der Waals surface area contributed by atoms with E-state index < -0.39 is 17.6 Å². The molecule has 0 saturated heterocycles. The summed E-state index contributed by atoms with van der Waals surface area (Å²) in [6.07, 6.45) is -1.65. The van der Waals surface area contributed by atoms with Crippen molar-refractivity contribution in [2.24, 2.45) is 0 Å². The number of aromatic nitrogens is 1. The second-order valence-corrected chi connectivity index (χ2v) is 7.22. The Labute approximate surface area is 185 Å². The van der Waals surface area contributed by atoms with Crippen LogP contribution < -0.4 is 14.8 Å². The molecule has 0 aliphatic heterocycles. The van der Waals surface area contributed by atoms with Gasteiger partial charge in [0.05, 0.1) is 12.7 Å². The average molecular weight is 459 g/mol. The molecule has 0 radical (unpaired) electrons. The molecule has 32 heavy (non-hydrogen) atoms. The lowest BCUT2D eigenvalue weighted by Gasteiger charge is -2.14. The summed E-state index contributed by atoms with van der Waals surface area (Å²) in [5.41, 5.74) is -0.355. The van der Waals surface area contributed by atoms with Crippen molar-refractivity contribution in [2.45, 2.75) is 12.8 Å². The van der Waals surface area contributed by atoms with Crippen LogP contribution in [-0.2, 0) is 17.6 Å². The van der Waals surface area contributed by atoms with Crippen molar-refractivity contribution in [1.29, 1.82) is 5.26 Å². The summed E-state index contributed by atoms with van der Waals surface area (Å²) in [6.45, 7) is -0.182. The number of alkyl halides is 3. The Kier molecular flexibility index (Phi) is 7.12. The minimum atomic E-state index is -4.47. The van der Waals surface area contributed by atoms with Crippen LogP contribution in [0.5, 0.6) is 11.5 Å². The SMILES string of the molecule is COc1cccc(C=C(C#N)C(=O)Nc2nccs2)c1OCc1cccc(C(F)(F)F)c1. The molecule has 0 spiro atoms. The number of halogens is 3. The molecule has 164 valence electrons. The number of benzene rings is 2. The van der Waals surface area contributed by atoms with Crippen LogP contribution in [0, 0.1) is 11.3 Å². The molecule has 2 aromatic carbocycles. The number of amides is 1. The molecule has 0 fully saturated rings. The van der Waals surface area contributed by atoms with Crippen molar-refractivity contribution in [2.75, 3.05) is 12.4 Å². The molecule has 1 heterocycles. The zero-order chi connectivity index (χ0) is 23.1. The number of thiazole rings is 1. The monoisotopic (exact) mass is 459 g/mol. The zero-order valence-corrected chi connectivity index (χ0v) is 17.5. The first-order chi connectivity index (χ1) is 15.3. The Bertz CT molecular complexity index is 1170. The maximum absolute atomic E-state index is 13.0. The van der Waals surface area contributed by atoms with Gasteiger partial charge in [-0.2, -0.15) is 18.4 Å². The van der Waals surface area contributed by atoms with Gasteiger partial charge in [-0.1, -0.05) is 24.3 Å². The van der Waals surface area contributed by atoms with Gasteiger partial charge >= 0.3 is 6.18 Å². The molecule has 6 nitrogen and oxygen atoms in total. The predicted octanol–water partition coefficient (Wildman–Crippen LogP) is 5.30. The number of ether oxygens (including phenoxy) is 2. The topological polar surface area (TPSA) is 84.2 Å². The van der Waals surface area contributed by atoms with Crippen LogP contribution in [0.15, 0.2) is 59.6 Å². The molecule has 0 aliphatic carbocycles. The summed E-state index contributed by atoms with van der Waals surface area (Å²) in [5.74, 6) is -0.181. The smallest absolute Gasteiger partial charge is 0.416 e. The van der Waals surface area contributed by atoms with Crippen LogP contribution in [0.4, 0.5) is 18.3 Å². The van der Waals surface area contributed by atoms with E-state index in [4.69, 9.17) is 9.47 Å². The number of hydrogen-bond donors (Lipinski definition) is 1. The highest BCUT2D eigenvalue weighted by molar-refractivity contribution is 7.13. The van der Waals surface area contributed by atoms with Crippen molar-refractivity contribution >= 4 is 28.5 Å². The number of hydrogen-bond acceptors (Lipinski definition) is 6. The third kappa shape index (κ3) is 5.65. The number of carbonyl (C=O) groups is 1. The van der Waals surface area contributed by atoms with Crippen LogP contribution in [-0.4, -0.2) is 18.0 Å². The van der Waals surface area contributed by atoms with Gasteiger partial charge in [-0.25, -0.2) is 4.98 Å². The zero-order valence-electron chi connectivity index (χ0n) is 16.6. The lowest BCUT2D eigenvalue weighted by Crippen LogP contribution is -2.13. The van der Waals surface area contributed by atoms with Crippen LogP contribution in [0.3, 0.4) is 0 Å². The number of para-hydroxylation sites is 1. The Morgan fingerprint density at radius 3 is 2.72 bits per heavy atom. The van der Waals surface area contributed by atoms with Gasteiger partial charge in [0.1, 0.15) is 18.2 Å². The van der Waals surface area contributed by atoms with E-state index in [1.54, 1.807) is 23.6 Å². The summed E-state index contributed by atoms with van der Waals surface area (Å²) in [6, 6.07) is 11.4. The van der Waals surface area contributed by atoms with Gasteiger partial charge in [0, 0.05) is 17.1 Å². The molecule has 0 atom stereocenters. The largest absolute Gasteiger partial charge is 0.493 e. The van der Waals surface area contributed by atoms with Crippen LogP contribution in [0.2, 0.25) is 0 Å². The van der Waals surface area contributed by atoms with Crippen molar-refractivity contribution in [3.8, 4) is 17.6 Å². The van der Waals surface area contributed by atoms with Gasteiger partial charge in [0.2, 0.25) is 0 Å². The first-order valence-electron chi connectivity index (χ1n) is 9.10. The van der Waals surface area contributed by atoms with Crippen LogP contribution >= 0.6 is 11.3 Å². The molecular weight excluding hydrogens is 443 g/mol. The second-order valence-electron chi connectivity index (χ2n) is 6.33. The molecule has 3 aromatic rings. The molecule has 1 amide bonds. The summed E-state index contributed by atoms with van der Waals surface area (Å²) in [7, 11) is 1.40. The molecule has 0 aliphatic rings. The maximum Gasteiger partial charge on any atom is 0.416 e. The number of nitrogens with one attached hydrogen (secondary N) is 1. The van der Waals surface area contributed by atoms with E-state index in [2.05, 4.69) is 10.3 Å². The molecule has 1 aromatic heterocycles. The van der Waals surface area contributed by atoms with Gasteiger partial charge in [-0.05, 0) is 29.8 Å². The van der Waals surface area contributed by atoms with Crippen molar-refractivity contribution in [3.63, 3.8) is 0 Å². The highest BCUT2D eigenvalue weighted by Crippen LogP contribution is 2.34. The standard InChI is InChI=1S/C22H16F3N3O3S/c1-30-18-7-3-5-15(11-16(12-26)20(29)28-21-27-8-9-32-21)19(18)31-13-14-4-2-6-17(10-14)22(23,24)25/h2-11H,13H2,1H3,(H,27,28,29). The average Bonchev–Trinajstić information content (AvgIpc) is 3.28. The molecule has 0 saturated carbocycles. The van der Waals surface area contributed by atoms with Gasteiger partial charge in [-0.15, -0.1) is 11.3 Å². The molecule has 1 N–H and O–H groups in total. The second kappa shape index (κ2) is 9.98. The van der Waals surface area contributed by atoms with E-state index >= 15 is 0 Å². The van der Waals surface area contributed by atoms with Gasteiger partial charge in [0.25, 0.3) is 5.91 Å². The van der Waals surface area contributed by atoms with Gasteiger partial charge in [0.15, 0.2) is 16.6 Å². The summed E-state index contributed by atoms with van der Waals surface area (Å²) in [4.78, 5) is 16.3. The van der Waals surface area contributed by atoms with E-state index in [1.165, 1.54) is 42.9 Å². The van der Waals surface area contributed by atoms with Crippen molar-refractivity contribution in [3.05, 3.63) is 76.3 Å². The highest BCUT2D eigenvalue weighted by atomic mass is 32.1. The third-order valence-corrected chi connectivity index (χ3v) is 4.87.